The standard InChI is InChI=1S/C23H19NO2/c25-23(26-16-18-4-2-1-3-5-18)14-17-6-8-19(9-7-17)20-10-11-22-21(15-20)12-13-24-22/h1-13,15,24H,14,16H2. The van der Waals surface area contributed by atoms with Crippen LogP contribution in [0, 0.1) is 0 Å². The molecular weight excluding hydrogens is 322 g/mol. The lowest BCUT2D eigenvalue weighted by atomic mass is 10.0. The van der Waals surface area contributed by atoms with Crippen LogP contribution in [-0.4, -0.2) is 11.0 Å². The first-order valence-corrected chi connectivity index (χ1v) is 8.64. The van der Waals surface area contributed by atoms with Gasteiger partial charge in [0.2, 0.25) is 0 Å². The number of carbonyl (C=O) groups excluding carboxylic acids is 1. The Kier molecular flexibility index (Phi) is 4.52. The van der Waals surface area contributed by atoms with E-state index < -0.39 is 0 Å². The van der Waals surface area contributed by atoms with Crippen molar-refractivity contribution in [2.75, 3.05) is 0 Å². The van der Waals surface area contributed by atoms with Crippen LogP contribution in [0.15, 0.2) is 85.1 Å². The molecule has 0 amide bonds. The van der Waals surface area contributed by atoms with Crippen LogP contribution in [0.1, 0.15) is 11.1 Å². The molecule has 0 unspecified atom stereocenters. The molecule has 26 heavy (non-hydrogen) atoms. The van der Waals surface area contributed by atoms with Gasteiger partial charge in [-0.25, -0.2) is 0 Å². The summed E-state index contributed by atoms with van der Waals surface area (Å²) < 4.78 is 5.34. The summed E-state index contributed by atoms with van der Waals surface area (Å²) in [6.07, 6.45) is 2.22. The molecule has 1 heterocycles. The van der Waals surface area contributed by atoms with Crippen LogP contribution in [-0.2, 0) is 22.6 Å². The summed E-state index contributed by atoms with van der Waals surface area (Å²) >= 11 is 0. The Labute approximate surface area is 152 Å². The van der Waals surface area contributed by atoms with Crippen molar-refractivity contribution in [3.8, 4) is 11.1 Å². The molecule has 4 rings (SSSR count). The molecule has 0 radical (unpaired) electrons. The fourth-order valence-electron chi connectivity index (χ4n) is 3.00. The Hall–Kier alpha value is -3.33. The molecule has 0 bridgehead atoms. The molecule has 0 spiro atoms. The zero-order valence-electron chi connectivity index (χ0n) is 14.3. The number of ether oxygens (including phenoxy) is 1. The maximum absolute atomic E-state index is 12.0. The van der Waals surface area contributed by atoms with Gasteiger partial charge < -0.3 is 9.72 Å². The number of hydrogen-bond donors (Lipinski definition) is 1. The second-order valence-corrected chi connectivity index (χ2v) is 6.30. The van der Waals surface area contributed by atoms with E-state index in [1.165, 1.54) is 5.39 Å². The van der Waals surface area contributed by atoms with Crippen LogP contribution >= 0.6 is 0 Å². The largest absolute Gasteiger partial charge is 0.461 e. The molecular formula is C23H19NO2. The van der Waals surface area contributed by atoms with Crippen molar-refractivity contribution in [2.45, 2.75) is 13.0 Å². The summed E-state index contributed by atoms with van der Waals surface area (Å²) in [7, 11) is 0. The van der Waals surface area contributed by atoms with E-state index in [-0.39, 0.29) is 12.4 Å². The van der Waals surface area contributed by atoms with Crippen LogP contribution < -0.4 is 0 Å². The molecule has 3 aromatic carbocycles. The Bertz CT molecular complexity index is 1020. The number of fused-ring (bicyclic) bond motifs is 1. The molecule has 3 nitrogen and oxygen atoms in total. The maximum atomic E-state index is 12.0. The van der Waals surface area contributed by atoms with Crippen molar-refractivity contribution >= 4 is 16.9 Å². The van der Waals surface area contributed by atoms with Crippen molar-refractivity contribution in [1.82, 2.24) is 4.98 Å². The van der Waals surface area contributed by atoms with Crippen LogP contribution in [0.5, 0.6) is 0 Å². The van der Waals surface area contributed by atoms with Crippen molar-refractivity contribution in [1.29, 1.82) is 0 Å². The highest BCUT2D eigenvalue weighted by atomic mass is 16.5. The molecule has 0 aliphatic carbocycles. The number of aromatic amines is 1. The van der Waals surface area contributed by atoms with E-state index in [1.54, 1.807) is 0 Å². The van der Waals surface area contributed by atoms with Gasteiger partial charge in [-0.15, -0.1) is 0 Å². The molecule has 0 aliphatic rings. The fourth-order valence-corrected chi connectivity index (χ4v) is 3.00. The molecule has 0 fully saturated rings. The topological polar surface area (TPSA) is 42.1 Å². The Morgan fingerprint density at radius 1 is 0.808 bits per heavy atom. The number of aromatic nitrogens is 1. The van der Waals surface area contributed by atoms with E-state index in [0.29, 0.717) is 6.61 Å². The third kappa shape index (κ3) is 3.67. The van der Waals surface area contributed by atoms with Crippen LogP contribution in [0.2, 0.25) is 0 Å². The molecule has 0 saturated carbocycles. The summed E-state index contributed by atoms with van der Waals surface area (Å²) in [6, 6.07) is 26.2. The second-order valence-electron chi connectivity index (χ2n) is 6.30. The molecule has 1 aromatic heterocycles. The predicted octanol–water partition coefficient (Wildman–Crippen LogP) is 5.12. The van der Waals surface area contributed by atoms with E-state index >= 15 is 0 Å². The Morgan fingerprint density at radius 3 is 2.38 bits per heavy atom. The van der Waals surface area contributed by atoms with E-state index in [1.807, 2.05) is 60.8 Å². The number of H-pyrrole nitrogens is 1. The molecule has 0 saturated heterocycles. The van der Waals surface area contributed by atoms with E-state index in [9.17, 15) is 4.79 Å². The zero-order valence-corrected chi connectivity index (χ0v) is 14.3. The van der Waals surface area contributed by atoms with Crippen LogP contribution in [0.4, 0.5) is 0 Å². The minimum Gasteiger partial charge on any atom is -0.461 e. The highest BCUT2D eigenvalue weighted by molar-refractivity contribution is 5.85. The third-order valence-electron chi connectivity index (χ3n) is 4.43. The normalized spacial score (nSPS) is 10.8. The lowest BCUT2D eigenvalue weighted by Crippen LogP contribution is -2.07. The van der Waals surface area contributed by atoms with Crippen LogP contribution in [0.3, 0.4) is 0 Å². The van der Waals surface area contributed by atoms with Gasteiger partial charge in [0.1, 0.15) is 6.61 Å². The van der Waals surface area contributed by atoms with Gasteiger partial charge in [-0.1, -0.05) is 60.7 Å². The lowest BCUT2D eigenvalue weighted by molar-refractivity contribution is -0.144. The van der Waals surface area contributed by atoms with Crippen molar-refractivity contribution in [3.05, 3.63) is 96.2 Å². The second kappa shape index (κ2) is 7.28. The summed E-state index contributed by atoms with van der Waals surface area (Å²) in [5.74, 6) is -0.213. The first-order chi connectivity index (χ1) is 12.8. The van der Waals surface area contributed by atoms with Gasteiger partial charge in [0.05, 0.1) is 6.42 Å². The quantitative estimate of drug-likeness (QED) is 0.512. The van der Waals surface area contributed by atoms with Gasteiger partial charge in [-0.2, -0.15) is 0 Å². The third-order valence-corrected chi connectivity index (χ3v) is 4.43. The van der Waals surface area contributed by atoms with Gasteiger partial charge in [-0.3, -0.25) is 4.79 Å². The molecule has 4 aromatic rings. The Balaban J connectivity index is 1.40. The highest BCUT2D eigenvalue weighted by Crippen LogP contribution is 2.24. The van der Waals surface area contributed by atoms with E-state index in [4.69, 9.17) is 4.74 Å². The maximum Gasteiger partial charge on any atom is 0.310 e. The smallest absolute Gasteiger partial charge is 0.310 e. The number of carbonyl (C=O) groups is 1. The van der Waals surface area contributed by atoms with Gasteiger partial charge in [0, 0.05) is 11.7 Å². The number of nitrogens with one attached hydrogen (secondary N) is 1. The van der Waals surface area contributed by atoms with Crippen molar-refractivity contribution in [2.24, 2.45) is 0 Å². The van der Waals surface area contributed by atoms with Gasteiger partial charge in [0.25, 0.3) is 0 Å². The zero-order chi connectivity index (χ0) is 17.8. The van der Waals surface area contributed by atoms with Crippen molar-refractivity contribution in [3.63, 3.8) is 0 Å². The number of benzene rings is 3. The van der Waals surface area contributed by atoms with Gasteiger partial charge in [-0.05, 0) is 45.8 Å². The number of rotatable bonds is 5. The van der Waals surface area contributed by atoms with Crippen molar-refractivity contribution < 1.29 is 9.53 Å². The molecule has 128 valence electrons. The molecule has 0 atom stereocenters. The lowest BCUT2D eigenvalue weighted by Gasteiger charge is -2.07. The van der Waals surface area contributed by atoms with Gasteiger partial charge >= 0.3 is 5.97 Å². The fraction of sp³-hybridized carbons (Fsp3) is 0.0870. The summed E-state index contributed by atoms with van der Waals surface area (Å²) in [5.41, 5.74) is 5.38. The van der Waals surface area contributed by atoms with Gasteiger partial charge in [0.15, 0.2) is 0 Å². The minimum atomic E-state index is -0.213. The summed E-state index contributed by atoms with van der Waals surface area (Å²) in [4.78, 5) is 15.2. The van der Waals surface area contributed by atoms with Crippen LogP contribution in [0.25, 0.3) is 22.0 Å². The average molecular weight is 341 g/mol. The minimum absolute atomic E-state index is 0.213. The highest BCUT2D eigenvalue weighted by Gasteiger charge is 2.06. The first-order valence-electron chi connectivity index (χ1n) is 8.64. The average Bonchev–Trinajstić information content (AvgIpc) is 3.16. The molecule has 1 N–H and O–H groups in total. The SMILES string of the molecule is O=C(Cc1ccc(-c2ccc3[nH]ccc3c2)cc1)OCc1ccccc1. The molecule has 0 aliphatic heterocycles. The number of esters is 1. The monoisotopic (exact) mass is 341 g/mol. The molecule has 3 heteroatoms. The first kappa shape index (κ1) is 16.2. The summed E-state index contributed by atoms with van der Waals surface area (Å²) in [6.45, 7) is 0.314. The predicted molar refractivity (Wildman–Crippen MR) is 104 cm³/mol. The van der Waals surface area contributed by atoms with E-state index in [2.05, 4.69) is 29.2 Å². The van der Waals surface area contributed by atoms with E-state index in [0.717, 1.165) is 27.8 Å². The Morgan fingerprint density at radius 2 is 1.58 bits per heavy atom. The summed E-state index contributed by atoms with van der Waals surface area (Å²) in [5, 5.41) is 1.19. The number of hydrogen-bond acceptors (Lipinski definition) is 2.